The number of anilines is 1. The largest absolute Gasteiger partial charge is 0.486 e. The Morgan fingerprint density at radius 1 is 1.09 bits per heavy atom. The van der Waals surface area contributed by atoms with Crippen LogP contribution in [0.5, 0.6) is 5.75 Å². The number of nitrogens with zero attached hydrogens (tertiary/aromatic N) is 2. The molecule has 2 heterocycles. The molecule has 1 atom stereocenters. The summed E-state index contributed by atoms with van der Waals surface area (Å²) < 4.78 is 6.06. The zero-order chi connectivity index (χ0) is 22.7. The third kappa shape index (κ3) is 4.74. The minimum absolute atomic E-state index is 0.00100. The van der Waals surface area contributed by atoms with Crippen LogP contribution in [0, 0.1) is 19.8 Å². The molecule has 0 unspecified atom stereocenters. The summed E-state index contributed by atoms with van der Waals surface area (Å²) in [7, 11) is 0. The van der Waals surface area contributed by atoms with E-state index in [-0.39, 0.29) is 24.0 Å². The second kappa shape index (κ2) is 9.63. The van der Waals surface area contributed by atoms with Crippen molar-refractivity contribution >= 4 is 17.6 Å². The van der Waals surface area contributed by atoms with Gasteiger partial charge in [0.1, 0.15) is 11.9 Å². The fourth-order valence-corrected chi connectivity index (χ4v) is 4.49. The molecule has 32 heavy (non-hydrogen) atoms. The number of fused-ring (bicyclic) bond motifs is 1. The molecule has 170 valence electrons. The van der Waals surface area contributed by atoms with Crippen molar-refractivity contribution < 1.29 is 14.3 Å². The highest BCUT2D eigenvalue weighted by Crippen LogP contribution is 2.36. The van der Waals surface area contributed by atoms with Crippen LogP contribution < -0.4 is 15.0 Å². The lowest BCUT2D eigenvalue weighted by atomic mass is 9.95. The molecular weight excluding hydrogens is 402 g/mol. The Morgan fingerprint density at radius 2 is 1.84 bits per heavy atom. The van der Waals surface area contributed by atoms with Gasteiger partial charge in [0.2, 0.25) is 5.91 Å². The Kier molecular flexibility index (Phi) is 6.68. The topological polar surface area (TPSA) is 61.9 Å². The molecule has 2 aromatic rings. The number of rotatable bonds is 4. The molecule has 6 heteroatoms. The molecule has 2 aliphatic rings. The first-order valence-electron chi connectivity index (χ1n) is 11.6. The lowest BCUT2D eigenvalue weighted by Gasteiger charge is -2.39. The van der Waals surface area contributed by atoms with E-state index in [1.807, 2.05) is 53.1 Å². The third-order valence-corrected chi connectivity index (χ3v) is 6.62. The van der Waals surface area contributed by atoms with Gasteiger partial charge in [-0.1, -0.05) is 37.3 Å². The van der Waals surface area contributed by atoms with Gasteiger partial charge in [-0.05, 0) is 61.9 Å². The van der Waals surface area contributed by atoms with Crippen molar-refractivity contribution in [1.82, 2.24) is 10.2 Å². The Labute approximate surface area is 190 Å². The SMILES string of the molecule is CC[C@@H]1CN(C(=O)N2CCC(C(=O)NCc3ccccc3C)CC2)c2cc(C)ccc2O1. The minimum Gasteiger partial charge on any atom is -0.486 e. The summed E-state index contributed by atoms with van der Waals surface area (Å²) in [4.78, 5) is 29.9. The lowest BCUT2D eigenvalue weighted by molar-refractivity contribution is -0.126. The number of urea groups is 1. The van der Waals surface area contributed by atoms with Gasteiger partial charge < -0.3 is 15.0 Å². The summed E-state index contributed by atoms with van der Waals surface area (Å²) >= 11 is 0. The molecule has 0 radical (unpaired) electrons. The summed E-state index contributed by atoms with van der Waals surface area (Å²) in [6, 6.07) is 14.1. The van der Waals surface area contributed by atoms with Crippen LogP contribution in [0.4, 0.5) is 10.5 Å². The number of aryl methyl sites for hydroxylation is 2. The number of amides is 3. The number of benzene rings is 2. The number of nitrogens with one attached hydrogen (secondary N) is 1. The predicted molar refractivity (Wildman–Crippen MR) is 126 cm³/mol. The number of hydrogen-bond acceptors (Lipinski definition) is 3. The van der Waals surface area contributed by atoms with Crippen LogP contribution in [0.1, 0.15) is 42.9 Å². The van der Waals surface area contributed by atoms with Crippen LogP contribution in [0.15, 0.2) is 42.5 Å². The Balaban J connectivity index is 1.36. The third-order valence-electron chi connectivity index (χ3n) is 6.62. The van der Waals surface area contributed by atoms with Gasteiger partial charge in [-0.25, -0.2) is 4.79 Å². The molecule has 0 aliphatic carbocycles. The van der Waals surface area contributed by atoms with E-state index in [0.29, 0.717) is 39.0 Å². The highest BCUT2D eigenvalue weighted by Gasteiger charge is 2.34. The van der Waals surface area contributed by atoms with Crippen molar-refractivity contribution in [2.75, 3.05) is 24.5 Å². The summed E-state index contributed by atoms with van der Waals surface area (Å²) in [5.41, 5.74) is 4.27. The van der Waals surface area contributed by atoms with E-state index < -0.39 is 0 Å². The van der Waals surface area contributed by atoms with Gasteiger partial charge in [0.15, 0.2) is 0 Å². The van der Waals surface area contributed by atoms with E-state index in [9.17, 15) is 9.59 Å². The second-order valence-corrected chi connectivity index (χ2v) is 8.92. The van der Waals surface area contributed by atoms with Crippen LogP contribution in [0.3, 0.4) is 0 Å². The molecule has 0 aromatic heterocycles. The van der Waals surface area contributed by atoms with Crippen LogP contribution in [0.25, 0.3) is 0 Å². The standard InChI is InChI=1S/C26H33N3O3/c1-4-22-17-29(23-15-18(2)9-10-24(23)32-22)26(31)28-13-11-20(12-14-28)25(30)27-16-21-8-6-5-7-19(21)3/h5-10,15,20,22H,4,11-14,16-17H2,1-3H3,(H,27,30)/t22-/m1/s1. The smallest absolute Gasteiger partial charge is 0.324 e. The van der Waals surface area contributed by atoms with E-state index in [2.05, 4.69) is 25.2 Å². The zero-order valence-corrected chi connectivity index (χ0v) is 19.3. The molecule has 2 aromatic carbocycles. The summed E-state index contributed by atoms with van der Waals surface area (Å²) in [6.07, 6.45) is 2.22. The van der Waals surface area contributed by atoms with E-state index in [1.165, 1.54) is 5.56 Å². The van der Waals surface area contributed by atoms with E-state index in [4.69, 9.17) is 4.74 Å². The van der Waals surface area contributed by atoms with Crippen molar-refractivity contribution in [3.63, 3.8) is 0 Å². The minimum atomic E-state index is -0.0503. The maximum Gasteiger partial charge on any atom is 0.324 e. The number of carbonyl (C=O) groups is 2. The number of piperidine rings is 1. The van der Waals surface area contributed by atoms with Gasteiger partial charge in [-0.3, -0.25) is 9.69 Å². The molecule has 3 amide bonds. The van der Waals surface area contributed by atoms with Crippen LogP contribution in [-0.4, -0.2) is 42.6 Å². The van der Waals surface area contributed by atoms with E-state index in [0.717, 1.165) is 29.0 Å². The van der Waals surface area contributed by atoms with Crippen molar-refractivity contribution in [3.05, 3.63) is 59.2 Å². The summed E-state index contributed by atoms with van der Waals surface area (Å²) in [5.74, 6) is 0.803. The number of carbonyl (C=O) groups excluding carboxylic acids is 2. The van der Waals surface area contributed by atoms with Crippen molar-refractivity contribution in [1.29, 1.82) is 0 Å². The molecule has 2 aliphatic heterocycles. The molecule has 0 saturated carbocycles. The molecule has 1 N–H and O–H groups in total. The highest BCUT2D eigenvalue weighted by atomic mass is 16.5. The summed E-state index contributed by atoms with van der Waals surface area (Å²) in [6.45, 7) is 8.45. The molecule has 0 spiro atoms. The Morgan fingerprint density at radius 3 is 2.56 bits per heavy atom. The Hall–Kier alpha value is -3.02. The van der Waals surface area contributed by atoms with Crippen molar-refractivity contribution in [2.45, 2.75) is 52.7 Å². The zero-order valence-electron chi connectivity index (χ0n) is 19.3. The van der Waals surface area contributed by atoms with Gasteiger partial charge in [-0.15, -0.1) is 0 Å². The van der Waals surface area contributed by atoms with Gasteiger partial charge in [0, 0.05) is 25.6 Å². The van der Waals surface area contributed by atoms with E-state index >= 15 is 0 Å². The van der Waals surface area contributed by atoms with Crippen LogP contribution in [-0.2, 0) is 11.3 Å². The van der Waals surface area contributed by atoms with Gasteiger partial charge in [0.25, 0.3) is 0 Å². The van der Waals surface area contributed by atoms with Gasteiger partial charge in [0.05, 0.1) is 12.2 Å². The fraction of sp³-hybridized carbons (Fsp3) is 0.462. The first kappa shape index (κ1) is 22.2. The van der Waals surface area contributed by atoms with Crippen LogP contribution in [0.2, 0.25) is 0 Å². The maximum absolute atomic E-state index is 13.4. The predicted octanol–water partition coefficient (Wildman–Crippen LogP) is 4.43. The highest BCUT2D eigenvalue weighted by molar-refractivity contribution is 5.94. The molecule has 0 bridgehead atoms. The summed E-state index contributed by atoms with van der Waals surface area (Å²) in [5, 5.41) is 3.08. The average Bonchev–Trinajstić information content (AvgIpc) is 2.82. The van der Waals surface area contributed by atoms with E-state index in [1.54, 1.807) is 0 Å². The van der Waals surface area contributed by atoms with Crippen molar-refractivity contribution in [2.24, 2.45) is 5.92 Å². The quantitative estimate of drug-likeness (QED) is 0.773. The second-order valence-electron chi connectivity index (χ2n) is 8.92. The molecule has 1 fully saturated rings. The number of hydrogen-bond donors (Lipinski definition) is 1. The maximum atomic E-state index is 13.4. The first-order chi connectivity index (χ1) is 15.5. The fourth-order valence-electron chi connectivity index (χ4n) is 4.49. The number of likely N-dealkylation sites (tertiary alicyclic amines) is 1. The first-order valence-corrected chi connectivity index (χ1v) is 11.6. The molecule has 6 nitrogen and oxygen atoms in total. The molecular formula is C26H33N3O3. The molecule has 4 rings (SSSR count). The molecule has 1 saturated heterocycles. The van der Waals surface area contributed by atoms with Gasteiger partial charge >= 0.3 is 6.03 Å². The lowest BCUT2D eigenvalue weighted by Crippen LogP contribution is -2.52. The van der Waals surface area contributed by atoms with Crippen LogP contribution >= 0.6 is 0 Å². The monoisotopic (exact) mass is 435 g/mol. The van der Waals surface area contributed by atoms with Gasteiger partial charge in [-0.2, -0.15) is 0 Å². The average molecular weight is 436 g/mol. The Bertz CT molecular complexity index is 982. The van der Waals surface area contributed by atoms with Crippen molar-refractivity contribution in [3.8, 4) is 5.75 Å². The normalized spacial score (nSPS) is 18.7. The number of ether oxygens (including phenoxy) is 1.